The van der Waals surface area contributed by atoms with E-state index in [9.17, 15) is 9.59 Å². The molecule has 33 heavy (non-hydrogen) atoms. The van der Waals surface area contributed by atoms with Crippen molar-refractivity contribution in [2.24, 2.45) is 0 Å². The Morgan fingerprint density at radius 3 is 2.42 bits per heavy atom. The summed E-state index contributed by atoms with van der Waals surface area (Å²) in [6.45, 7) is 5.12. The number of hydrogen-bond donors (Lipinski definition) is 2. The summed E-state index contributed by atoms with van der Waals surface area (Å²) in [5, 5.41) is 7.07. The fourth-order valence-corrected chi connectivity index (χ4v) is 4.59. The van der Waals surface area contributed by atoms with E-state index in [0.717, 1.165) is 32.6 Å². The number of amides is 2. The molecule has 0 atom stereocenters. The van der Waals surface area contributed by atoms with Gasteiger partial charge in [-0.25, -0.2) is 0 Å². The van der Waals surface area contributed by atoms with Gasteiger partial charge < -0.3 is 15.2 Å². The summed E-state index contributed by atoms with van der Waals surface area (Å²) in [5.41, 5.74) is 4.71. The zero-order chi connectivity index (χ0) is 23.2. The summed E-state index contributed by atoms with van der Waals surface area (Å²) in [5.74, 6) is 0.226. The number of benzene rings is 3. The largest absolute Gasteiger partial charge is 0.350 e. The molecule has 0 aliphatic heterocycles. The van der Waals surface area contributed by atoms with E-state index in [1.165, 1.54) is 11.8 Å². The van der Waals surface area contributed by atoms with Crippen LogP contribution in [0.25, 0.3) is 10.9 Å². The van der Waals surface area contributed by atoms with Crippen molar-refractivity contribution in [1.82, 2.24) is 9.88 Å². The van der Waals surface area contributed by atoms with E-state index >= 15 is 0 Å². The third-order valence-electron chi connectivity index (χ3n) is 5.47. The summed E-state index contributed by atoms with van der Waals surface area (Å²) in [6.07, 6.45) is 2.06. The number of carbonyl (C=O) groups excluding carboxylic acids is 2. The highest BCUT2D eigenvalue weighted by Crippen LogP contribution is 2.30. The number of carbonyl (C=O) groups is 2. The number of anilines is 1. The molecule has 0 unspecified atom stereocenters. The maximum Gasteiger partial charge on any atom is 0.251 e. The van der Waals surface area contributed by atoms with Crippen molar-refractivity contribution < 1.29 is 9.59 Å². The second kappa shape index (κ2) is 10.4. The van der Waals surface area contributed by atoms with Crippen molar-refractivity contribution in [3.63, 3.8) is 0 Å². The molecule has 0 fully saturated rings. The van der Waals surface area contributed by atoms with Crippen molar-refractivity contribution in [3.05, 3.63) is 95.7 Å². The fraction of sp³-hybridized carbons (Fsp3) is 0.185. The molecule has 0 saturated carbocycles. The van der Waals surface area contributed by atoms with Crippen LogP contribution in [0.1, 0.15) is 21.5 Å². The van der Waals surface area contributed by atoms with Gasteiger partial charge in [0.05, 0.1) is 5.75 Å². The van der Waals surface area contributed by atoms with E-state index in [-0.39, 0.29) is 11.8 Å². The Bertz CT molecular complexity index is 1280. The number of thioether (sulfide) groups is 1. The van der Waals surface area contributed by atoms with Gasteiger partial charge in [-0.15, -0.1) is 11.8 Å². The van der Waals surface area contributed by atoms with Gasteiger partial charge in [0.15, 0.2) is 0 Å². The first-order valence-corrected chi connectivity index (χ1v) is 11.9. The Hall–Kier alpha value is -3.51. The van der Waals surface area contributed by atoms with Crippen LogP contribution < -0.4 is 10.6 Å². The van der Waals surface area contributed by atoms with Crippen LogP contribution in [0.2, 0.25) is 0 Å². The van der Waals surface area contributed by atoms with E-state index in [2.05, 4.69) is 33.5 Å². The van der Waals surface area contributed by atoms with Crippen LogP contribution in [-0.4, -0.2) is 28.7 Å². The zero-order valence-electron chi connectivity index (χ0n) is 18.8. The van der Waals surface area contributed by atoms with Gasteiger partial charge in [-0.05, 0) is 43.7 Å². The molecule has 4 rings (SSSR count). The lowest BCUT2D eigenvalue weighted by Crippen LogP contribution is -2.27. The molecule has 168 valence electrons. The smallest absolute Gasteiger partial charge is 0.251 e. The number of rotatable bonds is 8. The predicted molar refractivity (Wildman–Crippen MR) is 136 cm³/mol. The third kappa shape index (κ3) is 5.65. The molecule has 1 heterocycles. The summed E-state index contributed by atoms with van der Waals surface area (Å²) in [4.78, 5) is 26.0. The molecule has 1 aromatic heterocycles. The molecule has 0 radical (unpaired) electrons. The third-order valence-corrected chi connectivity index (χ3v) is 6.52. The molecule has 0 spiro atoms. The van der Waals surface area contributed by atoms with Gasteiger partial charge in [-0.3, -0.25) is 9.59 Å². The highest BCUT2D eigenvalue weighted by Gasteiger charge is 2.12. The van der Waals surface area contributed by atoms with Gasteiger partial charge in [-0.2, -0.15) is 0 Å². The van der Waals surface area contributed by atoms with E-state index in [1.807, 2.05) is 74.5 Å². The van der Waals surface area contributed by atoms with Crippen molar-refractivity contribution in [1.29, 1.82) is 0 Å². The summed E-state index contributed by atoms with van der Waals surface area (Å²) in [6, 6.07) is 23.5. The van der Waals surface area contributed by atoms with Gasteiger partial charge in [0, 0.05) is 46.3 Å². The number of hydrogen-bond acceptors (Lipinski definition) is 3. The molecule has 0 aliphatic rings. The Kier molecular flexibility index (Phi) is 7.15. The summed E-state index contributed by atoms with van der Waals surface area (Å²) >= 11 is 1.52. The minimum absolute atomic E-state index is 0.0359. The van der Waals surface area contributed by atoms with E-state index in [4.69, 9.17) is 0 Å². The molecule has 0 saturated heterocycles. The molecule has 3 aromatic carbocycles. The van der Waals surface area contributed by atoms with E-state index < -0.39 is 0 Å². The maximum atomic E-state index is 12.5. The second-order valence-corrected chi connectivity index (χ2v) is 8.99. The summed E-state index contributed by atoms with van der Waals surface area (Å²) in [7, 11) is 0. The van der Waals surface area contributed by atoms with Crippen molar-refractivity contribution in [2.45, 2.75) is 25.3 Å². The van der Waals surface area contributed by atoms with E-state index in [0.29, 0.717) is 24.4 Å². The van der Waals surface area contributed by atoms with Crippen molar-refractivity contribution >= 4 is 40.2 Å². The fourth-order valence-electron chi connectivity index (χ4n) is 3.70. The van der Waals surface area contributed by atoms with Crippen LogP contribution in [0.5, 0.6) is 0 Å². The van der Waals surface area contributed by atoms with Crippen LogP contribution in [0.15, 0.2) is 83.9 Å². The average molecular weight is 458 g/mol. The Labute approximate surface area is 198 Å². The lowest BCUT2D eigenvalue weighted by molar-refractivity contribution is -0.113. The normalized spacial score (nSPS) is 10.8. The number of aryl methyl sites for hydroxylation is 2. The Balaban J connectivity index is 1.39. The second-order valence-electron chi connectivity index (χ2n) is 7.98. The zero-order valence-corrected chi connectivity index (χ0v) is 19.6. The van der Waals surface area contributed by atoms with Crippen LogP contribution in [-0.2, 0) is 11.3 Å². The van der Waals surface area contributed by atoms with Crippen molar-refractivity contribution in [3.8, 4) is 0 Å². The number of fused-ring (bicyclic) bond motifs is 1. The molecule has 5 nitrogen and oxygen atoms in total. The Morgan fingerprint density at radius 1 is 0.909 bits per heavy atom. The number of para-hydroxylation sites is 1. The number of nitrogens with one attached hydrogen (secondary N) is 2. The van der Waals surface area contributed by atoms with Crippen LogP contribution in [0.4, 0.5) is 5.69 Å². The maximum absolute atomic E-state index is 12.5. The standard InChI is InChI=1S/C27H27N3O2S/c1-19-11-13-21(14-12-19)29-26(31)18-33-25-17-30(24-10-6-5-9-23(24)25)16-15-28-27(32)22-8-4-3-7-20(22)2/h3-14,17H,15-16,18H2,1-2H3,(H,28,32)(H,29,31). The SMILES string of the molecule is Cc1ccc(NC(=O)CSc2cn(CCNC(=O)c3ccccc3C)c3ccccc23)cc1. The van der Waals surface area contributed by atoms with Gasteiger partial charge in [0.25, 0.3) is 5.91 Å². The van der Waals surface area contributed by atoms with Crippen molar-refractivity contribution in [2.75, 3.05) is 17.6 Å². The van der Waals surface area contributed by atoms with Crippen LogP contribution in [0.3, 0.4) is 0 Å². The van der Waals surface area contributed by atoms with Gasteiger partial charge in [0.2, 0.25) is 5.91 Å². The molecule has 0 aliphatic carbocycles. The van der Waals surface area contributed by atoms with Crippen LogP contribution in [0, 0.1) is 13.8 Å². The van der Waals surface area contributed by atoms with Gasteiger partial charge in [0.1, 0.15) is 0 Å². The Morgan fingerprint density at radius 2 is 1.64 bits per heavy atom. The van der Waals surface area contributed by atoms with Gasteiger partial charge >= 0.3 is 0 Å². The molecular weight excluding hydrogens is 430 g/mol. The predicted octanol–water partition coefficient (Wildman–Crippen LogP) is 5.42. The first kappa shape index (κ1) is 22.7. The molecule has 2 N–H and O–H groups in total. The monoisotopic (exact) mass is 457 g/mol. The first-order valence-electron chi connectivity index (χ1n) is 10.9. The molecule has 6 heteroatoms. The lowest BCUT2D eigenvalue weighted by atomic mass is 10.1. The summed E-state index contributed by atoms with van der Waals surface area (Å²) < 4.78 is 2.13. The minimum Gasteiger partial charge on any atom is -0.350 e. The number of nitrogens with zero attached hydrogens (tertiary/aromatic N) is 1. The minimum atomic E-state index is -0.0630. The molecule has 0 bridgehead atoms. The molecule has 2 amide bonds. The molecular formula is C27H27N3O2S. The lowest BCUT2D eigenvalue weighted by Gasteiger charge is -2.09. The van der Waals surface area contributed by atoms with Crippen LogP contribution >= 0.6 is 11.8 Å². The average Bonchev–Trinajstić information content (AvgIpc) is 3.17. The van der Waals surface area contributed by atoms with E-state index in [1.54, 1.807) is 0 Å². The quantitative estimate of drug-likeness (QED) is 0.347. The highest BCUT2D eigenvalue weighted by atomic mass is 32.2. The topological polar surface area (TPSA) is 63.1 Å². The first-order chi connectivity index (χ1) is 16.0. The van der Waals surface area contributed by atoms with Gasteiger partial charge in [-0.1, -0.05) is 54.1 Å². The highest BCUT2D eigenvalue weighted by molar-refractivity contribution is 8.00. The number of aromatic nitrogens is 1. The molecule has 4 aromatic rings.